The van der Waals surface area contributed by atoms with Gasteiger partial charge in [-0.2, -0.15) is 0 Å². The molecule has 0 saturated carbocycles. The molecule has 0 aliphatic carbocycles. The predicted molar refractivity (Wildman–Crippen MR) is 91.2 cm³/mol. The zero-order chi connectivity index (χ0) is 13.8. The quantitative estimate of drug-likeness (QED) is 0.632. The van der Waals surface area contributed by atoms with Gasteiger partial charge in [0.25, 0.3) is 0 Å². The molecule has 0 amide bonds. The van der Waals surface area contributed by atoms with Crippen molar-refractivity contribution in [1.29, 1.82) is 0 Å². The van der Waals surface area contributed by atoms with Gasteiger partial charge in [-0.3, -0.25) is 0 Å². The van der Waals surface area contributed by atoms with E-state index in [1.165, 1.54) is 15.3 Å². The summed E-state index contributed by atoms with van der Waals surface area (Å²) in [5.74, 6) is 0. The maximum atomic E-state index is 3.55. The van der Waals surface area contributed by atoms with Gasteiger partial charge in [0, 0.05) is 26.5 Å². The average Bonchev–Trinajstić information content (AvgIpc) is 2.96. The molecule has 0 atom stereocenters. The highest BCUT2D eigenvalue weighted by molar-refractivity contribution is 9.10. The highest BCUT2D eigenvalue weighted by Gasteiger charge is 2.03. The number of nitrogens with one attached hydrogen (secondary N) is 1. The number of rotatable bonds is 4. The Hall–Kier alpha value is -1.58. The van der Waals surface area contributed by atoms with Gasteiger partial charge in [-0.15, -0.1) is 11.3 Å². The first-order valence-corrected chi connectivity index (χ1v) is 8.06. The molecule has 2 aromatic carbocycles. The molecule has 3 aromatic rings. The second kappa shape index (κ2) is 6.25. The van der Waals surface area contributed by atoms with Gasteiger partial charge in [-0.1, -0.05) is 42.5 Å². The van der Waals surface area contributed by atoms with E-state index in [0.717, 1.165) is 16.7 Å². The molecule has 3 heteroatoms. The molecule has 0 aliphatic heterocycles. The molecule has 0 aliphatic rings. The molecular formula is C17H14BrNS. The van der Waals surface area contributed by atoms with Crippen molar-refractivity contribution in [3.63, 3.8) is 0 Å². The Morgan fingerprint density at radius 2 is 1.60 bits per heavy atom. The van der Waals surface area contributed by atoms with Crippen LogP contribution in [0.5, 0.6) is 0 Å². The fraction of sp³-hybridized carbons (Fsp3) is 0.0588. The second-order valence-corrected chi connectivity index (χ2v) is 6.49. The van der Waals surface area contributed by atoms with E-state index in [4.69, 9.17) is 0 Å². The fourth-order valence-electron chi connectivity index (χ4n) is 2.02. The molecule has 0 radical (unpaired) electrons. The van der Waals surface area contributed by atoms with Crippen LogP contribution in [0.2, 0.25) is 0 Å². The summed E-state index contributed by atoms with van der Waals surface area (Å²) in [6.45, 7) is 0.847. The first-order chi connectivity index (χ1) is 9.83. The third-order valence-corrected chi connectivity index (χ3v) is 4.87. The van der Waals surface area contributed by atoms with Crippen molar-refractivity contribution in [2.45, 2.75) is 6.54 Å². The van der Waals surface area contributed by atoms with Crippen LogP contribution in [0.3, 0.4) is 0 Å². The van der Waals surface area contributed by atoms with Crippen LogP contribution in [-0.4, -0.2) is 0 Å². The van der Waals surface area contributed by atoms with Gasteiger partial charge in [0.15, 0.2) is 0 Å². The number of anilines is 1. The van der Waals surface area contributed by atoms with E-state index < -0.39 is 0 Å². The number of benzene rings is 2. The van der Waals surface area contributed by atoms with Crippen LogP contribution in [0.4, 0.5) is 5.69 Å². The standard InChI is InChI=1S/C17H14BrNS/c18-15-8-4-5-9-16(15)19-12-14-10-11-17(20-14)13-6-2-1-3-7-13/h1-11,19H,12H2. The second-order valence-electron chi connectivity index (χ2n) is 4.47. The van der Waals surface area contributed by atoms with Gasteiger partial charge in [0.2, 0.25) is 0 Å². The van der Waals surface area contributed by atoms with Crippen LogP contribution < -0.4 is 5.32 Å². The van der Waals surface area contributed by atoms with Gasteiger partial charge >= 0.3 is 0 Å². The normalized spacial score (nSPS) is 10.4. The zero-order valence-corrected chi connectivity index (χ0v) is 13.2. The Morgan fingerprint density at radius 3 is 2.40 bits per heavy atom. The van der Waals surface area contributed by atoms with Crippen molar-refractivity contribution in [2.24, 2.45) is 0 Å². The lowest BCUT2D eigenvalue weighted by molar-refractivity contribution is 1.19. The van der Waals surface area contributed by atoms with Gasteiger partial charge in [0.1, 0.15) is 0 Å². The van der Waals surface area contributed by atoms with E-state index in [2.05, 4.69) is 63.7 Å². The van der Waals surface area contributed by atoms with E-state index in [0.29, 0.717) is 0 Å². The lowest BCUT2D eigenvalue weighted by Gasteiger charge is -2.06. The minimum Gasteiger partial charge on any atom is -0.379 e. The summed E-state index contributed by atoms with van der Waals surface area (Å²) < 4.78 is 1.10. The van der Waals surface area contributed by atoms with Gasteiger partial charge < -0.3 is 5.32 Å². The van der Waals surface area contributed by atoms with Crippen LogP contribution in [-0.2, 0) is 6.54 Å². The Morgan fingerprint density at radius 1 is 0.850 bits per heavy atom. The van der Waals surface area contributed by atoms with Crippen LogP contribution in [0.25, 0.3) is 10.4 Å². The Bertz CT molecular complexity index is 691. The zero-order valence-electron chi connectivity index (χ0n) is 10.8. The molecule has 0 spiro atoms. The molecule has 0 saturated heterocycles. The summed E-state index contributed by atoms with van der Waals surface area (Å²) in [6.07, 6.45) is 0. The molecule has 100 valence electrons. The van der Waals surface area contributed by atoms with Crippen molar-refractivity contribution < 1.29 is 0 Å². The molecule has 0 fully saturated rings. The first-order valence-electron chi connectivity index (χ1n) is 6.45. The molecular weight excluding hydrogens is 330 g/mol. The fourth-order valence-corrected chi connectivity index (χ4v) is 3.40. The lowest BCUT2D eigenvalue weighted by atomic mass is 10.2. The van der Waals surface area contributed by atoms with Crippen molar-refractivity contribution in [3.05, 3.63) is 76.1 Å². The summed E-state index contributed by atoms with van der Waals surface area (Å²) in [5, 5.41) is 3.46. The minimum absolute atomic E-state index is 0.847. The van der Waals surface area contributed by atoms with Gasteiger partial charge in [-0.05, 0) is 45.8 Å². The van der Waals surface area contributed by atoms with Crippen LogP contribution >= 0.6 is 27.3 Å². The molecule has 1 N–H and O–H groups in total. The Balaban J connectivity index is 1.71. The van der Waals surface area contributed by atoms with Gasteiger partial charge in [-0.25, -0.2) is 0 Å². The highest BCUT2D eigenvalue weighted by Crippen LogP contribution is 2.29. The minimum atomic E-state index is 0.847. The SMILES string of the molecule is Brc1ccccc1NCc1ccc(-c2ccccc2)s1. The monoisotopic (exact) mass is 343 g/mol. The topological polar surface area (TPSA) is 12.0 Å². The summed E-state index contributed by atoms with van der Waals surface area (Å²) in [5.41, 5.74) is 2.41. The smallest absolute Gasteiger partial charge is 0.0494 e. The maximum absolute atomic E-state index is 3.55. The predicted octanol–water partition coefficient (Wildman–Crippen LogP) is 5.79. The number of hydrogen-bond acceptors (Lipinski definition) is 2. The molecule has 0 unspecified atom stereocenters. The molecule has 1 nitrogen and oxygen atoms in total. The number of hydrogen-bond donors (Lipinski definition) is 1. The molecule has 1 heterocycles. The number of thiophene rings is 1. The van der Waals surface area contributed by atoms with Crippen LogP contribution in [0, 0.1) is 0 Å². The van der Waals surface area contributed by atoms with E-state index in [1.807, 2.05) is 35.6 Å². The van der Waals surface area contributed by atoms with Gasteiger partial charge in [0.05, 0.1) is 0 Å². The van der Waals surface area contributed by atoms with E-state index in [-0.39, 0.29) is 0 Å². The van der Waals surface area contributed by atoms with E-state index in [9.17, 15) is 0 Å². The first kappa shape index (κ1) is 13.4. The van der Waals surface area contributed by atoms with E-state index in [1.54, 1.807) is 0 Å². The largest absolute Gasteiger partial charge is 0.379 e. The molecule has 20 heavy (non-hydrogen) atoms. The van der Waals surface area contributed by atoms with Crippen molar-refractivity contribution in [2.75, 3.05) is 5.32 Å². The molecule has 3 rings (SSSR count). The van der Waals surface area contributed by atoms with Crippen LogP contribution in [0.1, 0.15) is 4.88 Å². The Kier molecular flexibility index (Phi) is 4.19. The van der Waals surface area contributed by atoms with Crippen LogP contribution in [0.15, 0.2) is 71.2 Å². The Labute approximate surface area is 131 Å². The summed E-state index contributed by atoms with van der Waals surface area (Å²) >= 11 is 5.39. The summed E-state index contributed by atoms with van der Waals surface area (Å²) in [4.78, 5) is 2.65. The van der Waals surface area contributed by atoms with Crippen molar-refractivity contribution in [3.8, 4) is 10.4 Å². The summed E-state index contributed by atoms with van der Waals surface area (Å²) in [6, 6.07) is 23.1. The van der Waals surface area contributed by atoms with Crippen molar-refractivity contribution in [1.82, 2.24) is 0 Å². The number of para-hydroxylation sites is 1. The molecule has 0 bridgehead atoms. The summed E-state index contributed by atoms with van der Waals surface area (Å²) in [7, 11) is 0. The average molecular weight is 344 g/mol. The highest BCUT2D eigenvalue weighted by atomic mass is 79.9. The maximum Gasteiger partial charge on any atom is 0.0494 e. The third-order valence-electron chi connectivity index (χ3n) is 3.05. The van der Waals surface area contributed by atoms with Crippen molar-refractivity contribution >= 4 is 33.0 Å². The lowest BCUT2D eigenvalue weighted by Crippen LogP contribution is -1.97. The third kappa shape index (κ3) is 3.11. The van der Waals surface area contributed by atoms with E-state index >= 15 is 0 Å². The number of halogens is 1. The molecule has 1 aromatic heterocycles.